The lowest BCUT2D eigenvalue weighted by atomic mass is 10.2. The smallest absolute Gasteiger partial charge is 0.289 e. The molecule has 1 saturated heterocycles. The van der Waals surface area contributed by atoms with E-state index in [1.165, 1.54) is 6.26 Å². The minimum absolute atomic E-state index is 0.0699. The van der Waals surface area contributed by atoms with Crippen molar-refractivity contribution in [2.75, 3.05) is 46.9 Å². The highest BCUT2D eigenvalue weighted by Gasteiger charge is 2.25. The number of carbonyl (C=O) groups excluding carboxylic acids is 1. The van der Waals surface area contributed by atoms with Crippen LogP contribution in [0, 0.1) is 0 Å². The van der Waals surface area contributed by atoms with Crippen LogP contribution >= 0.6 is 0 Å². The van der Waals surface area contributed by atoms with E-state index in [9.17, 15) is 4.79 Å². The van der Waals surface area contributed by atoms with Crippen molar-refractivity contribution in [3.63, 3.8) is 0 Å². The van der Waals surface area contributed by atoms with Crippen molar-refractivity contribution in [1.82, 2.24) is 15.1 Å². The average molecular weight is 400 g/mol. The molecule has 0 aliphatic carbocycles. The molecule has 29 heavy (non-hydrogen) atoms. The summed E-state index contributed by atoms with van der Waals surface area (Å²) in [6.07, 6.45) is 1.52. The average Bonchev–Trinajstić information content (AvgIpc) is 3.31. The molecule has 1 fully saturated rings. The third-order valence-electron chi connectivity index (χ3n) is 4.83. The number of piperazine rings is 1. The molecule has 1 aliphatic heterocycles. The third-order valence-corrected chi connectivity index (χ3v) is 4.83. The van der Waals surface area contributed by atoms with Crippen molar-refractivity contribution in [3.05, 3.63) is 47.9 Å². The summed E-state index contributed by atoms with van der Waals surface area (Å²) in [5.74, 6) is 2.64. The van der Waals surface area contributed by atoms with E-state index >= 15 is 0 Å². The molecule has 2 heterocycles. The maximum Gasteiger partial charge on any atom is 0.289 e. The van der Waals surface area contributed by atoms with Crippen LogP contribution < -0.4 is 14.8 Å². The Morgan fingerprint density at radius 2 is 1.90 bits per heavy atom. The predicted octanol–water partition coefficient (Wildman–Crippen LogP) is 2.22. The second kappa shape index (κ2) is 9.86. The number of furan rings is 1. The number of hydrogen-bond donors (Lipinski definition) is 1. The van der Waals surface area contributed by atoms with E-state index in [4.69, 9.17) is 18.9 Å². The van der Waals surface area contributed by atoms with E-state index in [0.717, 1.165) is 29.6 Å². The summed E-state index contributed by atoms with van der Waals surface area (Å²) < 4.78 is 15.9. The Morgan fingerprint density at radius 1 is 1.14 bits per heavy atom. The van der Waals surface area contributed by atoms with Crippen molar-refractivity contribution in [2.45, 2.75) is 13.5 Å². The van der Waals surface area contributed by atoms with Crippen LogP contribution in [0.4, 0.5) is 0 Å². The molecular weight excluding hydrogens is 372 g/mol. The van der Waals surface area contributed by atoms with E-state index in [0.29, 0.717) is 38.5 Å². The molecule has 3 rings (SSSR count). The second-order valence-corrected chi connectivity index (χ2v) is 6.60. The molecule has 2 aromatic rings. The van der Waals surface area contributed by atoms with Crippen molar-refractivity contribution in [3.8, 4) is 11.5 Å². The number of methoxy groups -OCH3 is 2. The van der Waals surface area contributed by atoms with Gasteiger partial charge in [0, 0.05) is 44.4 Å². The lowest BCUT2D eigenvalue weighted by molar-refractivity contribution is 0.0657. The fourth-order valence-corrected chi connectivity index (χ4v) is 3.25. The first kappa shape index (κ1) is 20.6. The Morgan fingerprint density at radius 3 is 2.52 bits per heavy atom. The van der Waals surface area contributed by atoms with Crippen LogP contribution in [0.3, 0.4) is 0 Å². The Kier molecular flexibility index (Phi) is 6.99. The minimum Gasteiger partial charge on any atom is -0.497 e. The summed E-state index contributed by atoms with van der Waals surface area (Å²) >= 11 is 0. The van der Waals surface area contributed by atoms with Crippen LogP contribution in [0.2, 0.25) is 0 Å². The van der Waals surface area contributed by atoms with Crippen molar-refractivity contribution in [2.24, 2.45) is 4.99 Å². The predicted molar refractivity (Wildman–Crippen MR) is 111 cm³/mol. The van der Waals surface area contributed by atoms with Gasteiger partial charge in [0.25, 0.3) is 5.91 Å². The van der Waals surface area contributed by atoms with Gasteiger partial charge >= 0.3 is 0 Å². The van der Waals surface area contributed by atoms with E-state index in [1.807, 2.05) is 30.0 Å². The first-order chi connectivity index (χ1) is 14.2. The number of rotatable bonds is 6. The highest BCUT2D eigenvalue weighted by atomic mass is 16.5. The molecule has 0 unspecified atom stereocenters. The highest BCUT2D eigenvalue weighted by Crippen LogP contribution is 2.25. The second-order valence-electron chi connectivity index (χ2n) is 6.60. The molecule has 8 nitrogen and oxygen atoms in total. The van der Waals surface area contributed by atoms with Crippen molar-refractivity contribution >= 4 is 11.9 Å². The number of nitrogens with zero attached hydrogens (tertiary/aromatic N) is 3. The molecule has 0 radical (unpaired) electrons. The number of carbonyl (C=O) groups is 1. The Bertz CT molecular complexity index is 827. The molecule has 1 amide bonds. The van der Waals surface area contributed by atoms with Gasteiger partial charge in [-0.2, -0.15) is 0 Å². The van der Waals surface area contributed by atoms with Crippen LogP contribution in [0.1, 0.15) is 23.0 Å². The number of ether oxygens (including phenoxy) is 2. The number of hydrogen-bond acceptors (Lipinski definition) is 5. The lowest BCUT2D eigenvalue weighted by Crippen LogP contribution is -2.53. The van der Waals surface area contributed by atoms with Crippen molar-refractivity contribution in [1.29, 1.82) is 0 Å². The largest absolute Gasteiger partial charge is 0.497 e. The van der Waals surface area contributed by atoms with Gasteiger partial charge in [-0.1, -0.05) is 0 Å². The molecule has 1 aliphatic rings. The summed E-state index contributed by atoms with van der Waals surface area (Å²) in [7, 11) is 3.27. The zero-order valence-electron chi connectivity index (χ0n) is 17.2. The summed E-state index contributed by atoms with van der Waals surface area (Å²) in [4.78, 5) is 21.2. The molecule has 1 aromatic carbocycles. The first-order valence-corrected chi connectivity index (χ1v) is 9.73. The Hall–Kier alpha value is -3.16. The molecule has 8 heteroatoms. The molecule has 0 spiro atoms. The van der Waals surface area contributed by atoms with E-state index < -0.39 is 0 Å². The van der Waals surface area contributed by atoms with Crippen molar-refractivity contribution < 1.29 is 18.7 Å². The summed E-state index contributed by atoms with van der Waals surface area (Å²) in [5, 5.41) is 3.34. The van der Waals surface area contributed by atoms with Crippen LogP contribution in [-0.4, -0.2) is 68.6 Å². The van der Waals surface area contributed by atoms with Gasteiger partial charge in [0.05, 0.1) is 27.0 Å². The van der Waals surface area contributed by atoms with Crippen LogP contribution in [0.25, 0.3) is 0 Å². The standard InChI is InChI=1S/C21H28N4O4/c1-4-22-21(23-15-16-7-8-17(27-2)14-19(16)28-3)25-11-9-24(10-12-25)20(26)18-6-5-13-29-18/h5-8,13-14H,4,9-12,15H2,1-3H3,(H,22,23). The van der Waals surface area contributed by atoms with Gasteiger partial charge in [0.2, 0.25) is 0 Å². The van der Waals surface area contributed by atoms with E-state index in [1.54, 1.807) is 26.4 Å². The topological polar surface area (TPSA) is 79.5 Å². The first-order valence-electron chi connectivity index (χ1n) is 9.73. The van der Waals surface area contributed by atoms with E-state index in [2.05, 4.69) is 10.2 Å². The van der Waals surface area contributed by atoms with Gasteiger partial charge in [-0.25, -0.2) is 4.99 Å². The summed E-state index contributed by atoms with van der Waals surface area (Å²) in [6, 6.07) is 9.15. The summed E-state index contributed by atoms with van der Waals surface area (Å²) in [5.41, 5.74) is 0.982. The van der Waals surface area contributed by atoms with Gasteiger partial charge in [-0.15, -0.1) is 0 Å². The number of aliphatic imine (C=N–C) groups is 1. The number of benzene rings is 1. The zero-order valence-corrected chi connectivity index (χ0v) is 17.2. The lowest BCUT2D eigenvalue weighted by Gasteiger charge is -2.36. The molecule has 1 aromatic heterocycles. The Labute approximate surface area is 171 Å². The number of guanidine groups is 1. The third kappa shape index (κ3) is 5.01. The normalized spacial score (nSPS) is 14.7. The van der Waals surface area contributed by atoms with Gasteiger partial charge in [-0.05, 0) is 31.2 Å². The monoisotopic (exact) mass is 400 g/mol. The molecule has 1 N–H and O–H groups in total. The maximum atomic E-state index is 12.4. The molecule has 0 atom stereocenters. The quantitative estimate of drug-likeness (QED) is 0.592. The van der Waals surface area contributed by atoms with E-state index in [-0.39, 0.29) is 5.91 Å². The minimum atomic E-state index is -0.0699. The fraction of sp³-hybridized carbons (Fsp3) is 0.429. The van der Waals surface area contributed by atoms with Crippen LogP contribution in [0.5, 0.6) is 11.5 Å². The van der Waals surface area contributed by atoms with Crippen LogP contribution in [0.15, 0.2) is 46.0 Å². The van der Waals surface area contributed by atoms with Gasteiger partial charge in [0.1, 0.15) is 11.5 Å². The van der Waals surface area contributed by atoms with Gasteiger partial charge < -0.3 is 29.0 Å². The number of nitrogens with one attached hydrogen (secondary N) is 1. The fourth-order valence-electron chi connectivity index (χ4n) is 3.25. The maximum absolute atomic E-state index is 12.4. The highest BCUT2D eigenvalue weighted by molar-refractivity contribution is 5.91. The zero-order chi connectivity index (χ0) is 20.6. The SMILES string of the molecule is CCNC(=NCc1ccc(OC)cc1OC)N1CCN(C(=O)c2ccco2)CC1. The molecule has 0 saturated carbocycles. The number of amides is 1. The molecule has 156 valence electrons. The summed E-state index contributed by atoms with van der Waals surface area (Å²) in [6.45, 7) is 5.95. The molecular formula is C21H28N4O4. The molecule has 0 bridgehead atoms. The van der Waals surface area contributed by atoms with Gasteiger partial charge in [-0.3, -0.25) is 4.79 Å². The van der Waals surface area contributed by atoms with Crippen LogP contribution in [-0.2, 0) is 6.54 Å². The Balaban J connectivity index is 1.65. The van der Waals surface area contributed by atoms with Gasteiger partial charge in [0.15, 0.2) is 11.7 Å².